The van der Waals surface area contributed by atoms with E-state index in [0.29, 0.717) is 17.7 Å². The molecule has 29 heavy (non-hydrogen) atoms. The fraction of sp³-hybridized carbons (Fsp3) is 0.391. The molecule has 1 saturated heterocycles. The van der Waals surface area contributed by atoms with E-state index < -0.39 is 0 Å². The third kappa shape index (κ3) is 3.98. The smallest absolute Gasteiger partial charge is 0.261 e. The minimum atomic E-state index is -0.150. The van der Waals surface area contributed by atoms with Crippen molar-refractivity contribution in [3.05, 3.63) is 59.7 Å². The van der Waals surface area contributed by atoms with Gasteiger partial charge >= 0.3 is 0 Å². The summed E-state index contributed by atoms with van der Waals surface area (Å²) in [5.41, 5.74) is 2.24. The SMILES string of the molecule is COc1ccccc1N1CC[NH+](CCCCN2C(=O)c3ccccc3C2=O)CC1. The fourth-order valence-electron chi connectivity index (χ4n) is 4.29. The topological polar surface area (TPSA) is 54.3 Å². The van der Waals surface area contributed by atoms with E-state index in [1.54, 1.807) is 24.1 Å². The van der Waals surface area contributed by atoms with E-state index in [4.69, 9.17) is 4.74 Å². The van der Waals surface area contributed by atoms with Gasteiger partial charge < -0.3 is 14.5 Å². The number of hydrogen-bond donors (Lipinski definition) is 1. The Labute approximate surface area is 171 Å². The van der Waals surface area contributed by atoms with Crippen LogP contribution in [0.4, 0.5) is 5.69 Å². The number of quaternary nitrogens is 1. The van der Waals surface area contributed by atoms with Gasteiger partial charge in [-0.3, -0.25) is 14.5 Å². The van der Waals surface area contributed by atoms with E-state index in [2.05, 4.69) is 17.0 Å². The van der Waals surface area contributed by atoms with E-state index in [0.717, 1.165) is 51.3 Å². The van der Waals surface area contributed by atoms with Crippen LogP contribution in [-0.2, 0) is 0 Å². The van der Waals surface area contributed by atoms with Crippen LogP contribution in [0.1, 0.15) is 33.6 Å². The van der Waals surface area contributed by atoms with Gasteiger partial charge in [0.2, 0.25) is 0 Å². The molecule has 0 aromatic heterocycles. The molecule has 2 aliphatic rings. The largest absolute Gasteiger partial charge is 0.495 e. The maximum Gasteiger partial charge on any atom is 0.261 e. The first-order valence-electron chi connectivity index (χ1n) is 10.4. The monoisotopic (exact) mass is 394 g/mol. The number of hydrogen-bond acceptors (Lipinski definition) is 4. The average molecular weight is 394 g/mol. The highest BCUT2D eigenvalue weighted by Gasteiger charge is 2.34. The zero-order valence-corrected chi connectivity index (χ0v) is 16.9. The van der Waals surface area contributed by atoms with Crippen LogP contribution in [0.3, 0.4) is 0 Å². The highest BCUT2D eigenvalue weighted by molar-refractivity contribution is 6.21. The Morgan fingerprint density at radius 3 is 2.17 bits per heavy atom. The number of benzene rings is 2. The van der Waals surface area contributed by atoms with Crippen LogP contribution in [0.15, 0.2) is 48.5 Å². The van der Waals surface area contributed by atoms with Crippen LogP contribution in [0.25, 0.3) is 0 Å². The summed E-state index contributed by atoms with van der Waals surface area (Å²) in [6.07, 6.45) is 1.86. The molecule has 6 heteroatoms. The maximum absolute atomic E-state index is 12.4. The lowest BCUT2D eigenvalue weighted by Crippen LogP contribution is -3.14. The first kappa shape index (κ1) is 19.5. The number of para-hydroxylation sites is 2. The van der Waals surface area contributed by atoms with Crippen molar-refractivity contribution in [1.82, 2.24) is 4.90 Å². The molecule has 2 aromatic rings. The second-order valence-corrected chi connectivity index (χ2v) is 7.67. The van der Waals surface area contributed by atoms with Crippen molar-refractivity contribution < 1.29 is 19.2 Å². The molecule has 2 aromatic carbocycles. The molecule has 2 aliphatic heterocycles. The van der Waals surface area contributed by atoms with Crippen molar-refractivity contribution in [2.45, 2.75) is 12.8 Å². The van der Waals surface area contributed by atoms with Crippen LogP contribution in [0, 0.1) is 0 Å². The first-order valence-corrected chi connectivity index (χ1v) is 10.4. The van der Waals surface area contributed by atoms with Gasteiger partial charge in [0.05, 0.1) is 56.6 Å². The Balaban J connectivity index is 1.21. The summed E-state index contributed by atoms with van der Waals surface area (Å²) < 4.78 is 5.49. The van der Waals surface area contributed by atoms with Crippen molar-refractivity contribution >= 4 is 17.5 Å². The number of carbonyl (C=O) groups is 2. The van der Waals surface area contributed by atoms with Gasteiger partial charge in [0.25, 0.3) is 11.8 Å². The van der Waals surface area contributed by atoms with Crippen molar-refractivity contribution in [1.29, 1.82) is 0 Å². The number of unbranched alkanes of at least 4 members (excludes halogenated alkanes) is 1. The van der Waals surface area contributed by atoms with Gasteiger partial charge in [-0.1, -0.05) is 24.3 Å². The molecule has 6 nitrogen and oxygen atoms in total. The second-order valence-electron chi connectivity index (χ2n) is 7.67. The lowest BCUT2D eigenvalue weighted by atomic mass is 10.1. The van der Waals surface area contributed by atoms with Crippen molar-refractivity contribution in [3.63, 3.8) is 0 Å². The molecule has 0 bridgehead atoms. The van der Waals surface area contributed by atoms with Gasteiger partial charge in [-0.25, -0.2) is 0 Å². The average Bonchev–Trinajstić information content (AvgIpc) is 3.02. The van der Waals surface area contributed by atoms with Crippen LogP contribution >= 0.6 is 0 Å². The molecule has 1 N–H and O–H groups in total. The third-order valence-corrected chi connectivity index (χ3v) is 5.94. The summed E-state index contributed by atoms with van der Waals surface area (Å²) in [7, 11) is 1.72. The summed E-state index contributed by atoms with van der Waals surface area (Å²) in [5.74, 6) is 0.628. The Morgan fingerprint density at radius 1 is 0.897 bits per heavy atom. The number of imide groups is 1. The molecule has 0 radical (unpaired) electrons. The van der Waals surface area contributed by atoms with Gasteiger partial charge in [-0.15, -0.1) is 0 Å². The zero-order valence-electron chi connectivity index (χ0n) is 16.9. The minimum absolute atomic E-state index is 0.150. The Bertz CT molecular complexity index is 855. The lowest BCUT2D eigenvalue weighted by molar-refractivity contribution is -0.900. The molecular weight excluding hydrogens is 366 g/mol. The summed E-state index contributed by atoms with van der Waals surface area (Å²) in [6.45, 7) is 5.77. The summed E-state index contributed by atoms with van der Waals surface area (Å²) in [4.78, 5) is 30.2. The van der Waals surface area contributed by atoms with Gasteiger partial charge in [0, 0.05) is 6.54 Å². The lowest BCUT2D eigenvalue weighted by Gasteiger charge is -2.34. The molecule has 4 rings (SSSR count). The Hall–Kier alpha value is -2.86. The van der Waals surface area contributed by atoms with Gasteiger partial charge in [-0.2, -0.15) is 0 Å². The zero-order chi connectivity index (χ0) is 20.2. The number of amides is 2. The molecule has 2 heterocycles. The summed E-state index contributed by atoms with van der Waals surface area (Å²) >= 11 is 0. The van der Waals surface area contributed by atoms with Crippen molar-refractivity contribution in [2.24, 2.45) is 0 Å². The predicted molar refractivity (Wildman–Crippen MR) is 112 cm³/mol. The quantitative estimate of drug-likeness (QED) is 0.571. The molecule has 0 aliphatic carbocycles. The maximum atomic E-state index is 12.4. The fourth-order valence-corrected chi connectivity index (χ4v) is 4.29. The first-order chi connectivity index (χ1) is 14.2. The van der Waals surface area contributed by atoms with Gasteiger partial charge in [0.1, 0.15) is 5.75 Å². The van der Waals surface area contributed by atoms with Gasteiger partial charge in [-0.05, 0) is 37.1 Å². The normalized spacial score (nSPS) is 17.0. The van der Waals surface area contributed by atoms with Crippen LogP contribution in [0.5, 0.6) is 5.75 Å². The van der Waals surface area contributed by atoms with E-state index in [-0.39, 0.29) is 11.8 Å². The van der Waals surface area contributed by atoms with Gasteiger partial charge in [0.15, 0.2) is 0 Å². The molecule has 2 amide bonds. The highest BCUT2D eigenvalue weighted by atomic mass is 16.5. The van der Waals surface area contributed by atoms with E-state index in [9.17, 15) is 9.59 Å². The number of carbonyl (C=O) groups excluding carboxylic acids is 2. The van der Waals surface area contributed by atoms with Crippen molar-refractivity contribution in [3.8, 4) is 5.75 Å². The van der Waals surface area contributed by atoms with E-state index in [1.807, 2.05) is 24.3 Å². The second kappa shape index (κ2) is 8.66. The number of methoxy groups -OCH3 is 1. The molecule has 0 spiro atoms. The highest BCUT2D eigenvalue weighted by Crippen LogP contribution is 2.27. The van der Waals surface area contributed by atoms with E-state index >= 15 is 0 Å². The number of piperazine rings is 1. The molecule has 0 saturated carbocycles. The predicted octanol–water partition coefficient (Wildman–Crippen LogP) is 1.48. The molecule has 1 fully saturated rings. The van der Waals surface area contributed by atoms with Crippen LogP contribution in [0.2, 0.25) is 0 Å². The number of fused-ring (bicyclic) bond motifs is 1. The molecule has 0 atom stereocenters. The number of nitrogens with one attached hydrogen (secondary N) is 1. The molecule has 0 unspecified atom stereocenters. The van der Waals surface area contributed by atoms with Crippen molar-refractivity contribution in [2.75, 3.05) is 51.3 Å². The summed E-state index contributed by atoms with van der Waals surface area (Å²) in [5, 5.41) is 0. The van der Waals surface area contributed by atoms with Crippen LogP contribution < -0.4 is 14.5 Å². The van der Waals surface area contributed by atoms with Crippen LogP contribution in [-0.4, -0.2) is 63.1 Å². The molecular formula is C23H28N3O3+. The number of nitrogens with zero attached hydrogens (tertiary/aromatic N) is 2. The summed E-state index contributed by atoms with van der Waals surface area (Å²) in [6, 6.07) is 15.3. The third-order valence-electron chi connectivity index (χ3n) is 5.94. The number of anilines is 1. The Kier molecular flexibility index (Phi) is 5.81. The number of ether oxygens (including phenoxy) is 1. The molecule has 152 valence electrons. The Morgan fingerprint density at radius 2 is 1.52 bits per heavy atom. The minimum Gasteiger partial charge on any atom is -0.495 e. The standard InChI is InChI=1S/C23H27N3O3/c1-29-21-11-5-4-10-20(21)25-16-14-24(15-17-25)12-6-7-13-26-22(27)18-8-2-3-9-19(18)23(26)28/h2-5,8-11H,6-7,12-17H2,1H3/p+1. The number of rotatable bonds is 7. The van der Waals surface area contributed by atoms with E-state index in [1.165, 1.54) is 10.6 Å².